The van der Waals surface area contributed by atoms with Gasteiger partial charge in [-0.1, -0.05) is 88.5 Å². The highest BCUT2D eigenvalue weighted by atomic mass is 16.3. The van der Waals surface area contributed by atoms with Crippen LogP contribution >= 0.6 is 0 Å². The smallest absolute Gasteiger partial charge is 0.122 e. The van der Waals surface area contributed by atoms with E-state index in [1.54, 1.807) is 12.1 Å². The molecular formula is C39H40O5. The van der Waals surface area contributed by atoms with Gasteiger partial charge in [0.1, 0.15) is 28.7 Å². The number of hydrogen-bond donors (Lipinski definition) is 5. The summed E-state index contributed by atoms with van der Waals surface area (Å²) in [6, 6.07) is 22.5. The molecule has 5 heteroatoms. The zero-order valence-corrected chi connectivity index (χ0v) is 26.0. The van der Waals surface area contributed by atoms with Crippen molar-refractivity contribution in [3.05, 3.63) is 145 Å². The molecule has 226 valence electrons. The van der Waals surface area contributed by atoms with E-state index in [0.29, 0.717) is 59.1 Å². The molecule has 0 bridgehead atoms. The Hall–Kier alpha value is -4.90. The van der Waals surface area contributed by atoms with Gasteiger partial charge in [-0.25, -0.2) is 0 Å². The van der Waals surface area contributed by atoms with E-state index in [1.807, 2.05) is 95.3 Å². The van der Waals surface area contributed by atoms with Gasteiger partial charge in [0.2, 0.25) is 0 Å². The summed E-state index contributed by atoms with van der Waals surface area (Å²) < 4.78 is 0. The number of hydrogen-bond acceptors (Lipinski definition) is 5. The topological polar surface area (TPSA) is 101 Å². The fourth-order valence-corrected chi connectivity index (χ4v) is 6.14. The second kappa shape index (κ2) is 12.4. The van der Waals surface area contributed by atoms with Crippen molar-refractivity contribution < 1.29 is 25.5 Å². The molecule has 0 atom stereocenters. The lowest BCUT2D eigenvalue weighted by Gasteiger charge is -2.17. The Bertz CT molecular complexity index is 1740. The van der Waals surface area contributed by atoms with Crippen LogP contribution in [0.1, 0.15) is 72.3 Å². The zero-order valence-electron chi connectivity index (χ0n) is 26.0. The minimum absolute atomic E-state index is 0.133. The van der Waals surface area contributed by atoms with Crippen molar-refractivity contribution in [2.75, 3.05) is 0 Å². The summed E-state index contributed by atoms with van der Waals surface area (Å²) in [5.74, 6) is 0.821. The quantitative estimate of drug-likeness (QED) is 0.126. The van der Waals surface area contributed by atoms with Gasteiger partial charge in [-0.05, 0) is 91.3 Å². The summed E-state index contributed by atoms with van der Waals surface area (Å²) in [6.07, 6.45) is 1.40. The normalized spacial score (nSPS) is 11.2. The summed E-state index contributed by atoms with van der Waals surface area (Å²) in [7, 11) is 0. The molecule has 0 unspecified atom stereocenters. The summed E-state index contributed by atoms with van der Waals surface area (Å²) in [6.45, 7) is 9.84. The number of rotatable bonds is 8. The first-order valence-corrected chi connectivity index (χ1v) is 14.9. The Morgan fingerprint density at radius 1 is 0.318 bits per heavy atom. The lowest BCUT2D eigenvalue weighted by atomic mass is 9.91. The van der Waals surface area contributed by atoms with Gasteiger partial charge in [-0.15, -0.1) is 0 Å². The van der Waals surface area contributed by atoms with Crippen molar-refractivity contribution in [3.8, 4) is 28.7 Å². The third-order valence-corrected chi connectivity index (χ3v) is 8.23. The second-order valence-corrected chi connectivity index (χ2v) is 12.3. The molecule has 0 aromatic heterocycles. The lowest BCUT2D eigenvalue weighted by Crippen LogP contribution is -2.01. The monoisotopic (exact) mass is 588 g/mol. The van der Waals surface area contributed by atoms with Gasteiger partial charge in [-0.2, -0.15) is 0 Å². The molecular weight excluding hydrogens is 548 g/mol. The van der Waals surface area contributed by atoms with Gasteiger partial charge in [0, 0.05) is 25.7 Å². The van der Waals surface area contributed by atoms with Gasteiger partial charge in [0.25, 0.3) is 0 Å². The fourth-order valence-electron chi connectivity index (χ4n) is 6.14. The van der Waals surface area contributed by atoms with Crippen molar-refractivity contribution in [3.63, 3.8) is 0 Å². The maximum Gasteiger partial charge on any atom is 0.122 e. The summed E-state index contributed by atoms with van der Waals surface area (Å²) in [5.41, 5.74) is 10.6. The van der Waals surface area contributed by atoms with Gasteiger partial charge in [-0.3, -0.25) is 0 Å². The molecule has 5 rings (SSSR count). The van der Waals surface area contributed by atoms with Crippen LogP contribution < -0.4 is 0 Å². The first kappa shape index (κ1) is 30.6. The van der Waals surface area contributed by atoms with E-state index in [4.69, 9.17) is 0 Å². The predicted molar refractivity (Wildman–Crippen MR) is 175 cm³/mol. The highest BCUT2D eigenvalue weighted by molar-refractivity contribution is 5.55. The number of aromatic hydroxyl groups is 5. The van der Waals surface area contributed by atoms with Crippen LogP contribution in [0.25, 0.3) is 0 Å². The van der Waals surface area contributed by atoms with Crippen LogP contribution in [-0.4, -0.2) is 25.5 Å². The van der Waals surface area contributed by atoms with Crippen molar-refractivity contribution in [1.29, 1.82) is 0 Å². The Morgan fingerprint density at radius 2 is 0.545 bits per heavy atom. The van der Waals surface area contributed by atoms with E-state index in [0.717, 1.165) is 38.9 Å². The van der Waals surface area contributed by atoms with Crippen molar-refractivity contribution in [2.24, 2.45) is 0 Å². The average molecular weight is 589 g/mol. The van der Waals surface area contributed by atoms with Gasteiger partial charge < -0.3 is 25.5 Å². The van der Waals surface area contributed by atoms with Crippen molar-refractivity contribution >= 4 is 0 Å². The molecule has 5 N–H and O–H groups in total. The Labute approximate surface area is 259 Å². The molecule has 0 saturated carbocycles. The van der Waals surface area contributed by atoms with Crippen LogP contribution in [0.5, 0.6) is 28.7 Å². The maximum absolute atomic E-state index is 11.5. The van der Waals surface area contributed by atoms with Crippen LogP contribution in [0.3, 0.4) is 0 Å². The van der Waals surface area contributed by atoms with Crippen molar-refractivity contribution in [2.45, 2.75) is 60.3 Å². The van der Waals surface area contributed by atoms with Crippen LogP contribution in [0.15, 0.2) is 72.8 Å². The SMILES string of the molecule is Cc1ccc(O)c(Cc2cc(C)cc(Cc3cc(C)cc(Cc4cc(C)cc(Cc5cc(C)ccc5O)c4O)c3O)c2O)c1. The molecule has 5 aromatic rings. The van der Waals surface area contributed by atoms with E-state index in [2.05, 4.69) is 0 Å². The maximum atomic E-state index is 11.5. The highest BCUT2D eigenvalue weighted by Crippen LogP contribution is 2.37. The summed E-state index contributed by atoms with van der Waals surface area (Å²) in [5, 5.41) is 54.8. The van der Waals surface area contributed by atoms with E-state index in [-0.39, 0.29) is 28.7 Å². The van der Waals surface area contributed by atoms with E-state index < -0.39 is 0 Å². The number of phenolic OH excluding ortho intramolecular Hbond substituents is 5. The average Bonchev–Trinajstić information content (AvgIpc) is 2.95. The van der Waals surface area contributed by atoms with Crippen LogP contribution in [0.2, 0.25) is 0 Å². The lowest BCUT2D eigenvalue weighted by molar-refractivity contribution is 0.453. The molecule has 0 radical (unpaired) electrons. The third-order valence-electron chi connectivity index (χ3n) is 8.23. The summed E-state index contributed by atoms with van der Waals surface area (Å²) in [4.78, 5) is 0. The molecule has 0 aliphatic rings. The third kappa shape index (κ3) is 6.68. The molecule has 5 aromatic carbocycles. The molecule has 5 nitrogen and oxygen atoms in total. The van der Waals surface area contributed by atoms with Crippen LogP contribution in [0, 0.1) is 34.6 Å². The van der Waals surface area contributed by atoms with Crippen LogP contribution in [-0.2, 0) is 25.7 Å². The fraction of sp³-hybridized carbons (Fsp3) is 0.231. The molecule has 0 aliphatic heterocycles. The molecule has 44 heavy (non-hydrogen) atoms. The molecule has 0 saturated heterocycles. The minimum atomic E-state index is 0.133. The second-order valence-electron chi connectivity index (χ2n) is 12.3. The van der Waals surface area contributed by atoms with E-state index >= 15 is 0 Å². The zero-order chi connectivity index (χ0) is 31.7. The van der Waals surface area contributed by atoms with E-state index in [1.165, 1.54) is 0 Å². The van der Waals surface area contributed by atoms with Crippen molar-refractivity contribution in [1.82, 2.24) is 0 Å². The number of benzene rings is 5. The molecule has 0 spiro atoms. The van der Waals surface area contributed by atoms with Gasteiger partial charge in [0.15, 0.2) is 0 Å². The Balaban J connectivity index is 1.46. The molecule has 0 heterocycles. The predicted octanol–water partition coefficient (Wildman–Crippen LogP) is 8.12. The molecule has 0 amide bonds. The number of phenols is 5. The minimum Gasteiger partial charge on any atom is -0.508 e. The molecule has 0 fully saturated rings. The number of aryl methyl sites for hydroxylation is 5. The first-order valence-electron chi connectivity index (χ1n) is 14.9. The van der Waals surface area contributed by atoms with Gasteiger partial charge in [0.05, 0.1) is 0 Å². The standard InChI is InChI=1S/C39H40O5/c1-22-6-8-35(40)27(10-22)18-29-12-24(3)14-31(37(29)42)20-33-16-26(5)17-34(39(33)44)21-32-15-25(4)13-30(38(32)43)19-28-11-23(2)7-9-36(28)41/h6-17,40-44H,18-21H2,1-5H3. The first-order chi connectivity index (χ1) is 20.9. The summed E-state index contributed by atoms with van der Waals surface area (Å²) >= 11 is 0. The largest absolute Gasteiger partial charge is 0.508 e. The molecule has 0 aliphatic carbocycles. The Kier molecular flexibility index (Phi) is 8.59. The van der Waals surface area contributed by atoms with Crippen LogP contribution in [0.4, 0.5) is 0 Å². The highest BCUT2D eigenvalue weighted by Gasteiger charge is 2.18. The van der Waals surface area contributed by atoms with E-state index in [9.17, 15) is 25.5 Å². The van der Waals surface area contributed by atoms with Gasteiger partial charge >= 0.3 is 0 Å². The Morgan fingerprint density at radius 3 is 0.818 bits per heavy atom.